The number of fused-ring (bicyclic) bond motifs is 10. The monoisotopic (exact) mass is 543 g/mol. The number of pyridine rings is 1. The summed E-state index contributed by atoms with van der Waals surface area (Å²) < 4.78 is 17.0. The lowest BCUT2D eigenvalue weighted by Gasteiger charge is -2.39. The van der Waals surface area contributed by atoms with Crippen LogP contribution in [-0.4, -0.2) is 121 Å². The topological polar surface area (TPSA) is 114 Å². The quantitative estimate of drug-likeness (QED) is 0.521. The van der Waals surface area contributed by atoms with Crippen molar-refractivity contribution >= 4 is 17.7 Å². The first kappa shape index (κ1) is 27.8. The molecule has 5 aliphatic rings. The summed E-state index contributed by atoms with van der Waals surface area (Å²) in [6, 6.07) is 4.98. The highest BCUT2D eigenvalue weighted by Crippen LogP contribution is 2.29. The maximum atomic E-state index is 13.9. The summed E-state index contributed by atoms with van der Waals surface area (Å²) in [6.45, 7) is 7.26. The number of nitrogens with one attached hydrogen (secondary N) is 1. The van der Waals surface area contributed by atoms with Gasteiger partial charge in [-0.05, 0) is 44.1 Å². The number of likely N-dealkylation sites (tertiary alicyclic amines) is 1. The molecule has 0 aliphatic carbocycles. The van der Waals surface area contributed by atoms with Gasteiger partial charge in [0, 0.05) is 71.0 Å². The van der Waals surface area contributed by atoms with Crippen LogP contribution in [0, 0.1) is 5.92 Å². The van der Waals surface area contributed by atoms with E-state index < -0.39 is 0 Å². The van der Waals surface area contributed by atoms with Gasteiger partial charge in [0.2, 0.25) is 17.7 Å². The summed E-state index contributed by atoms with van der Waals surface area (Å²) in [5.74, 6) is 0.630. The minimum absolute atomic E-state index is 0.0361. The Labute approximate surface area is 230 Å². The minimum atomic E-state index is -0.266. The lowest BCUT2D eigenvalue weighted by molar-refractivity contribution is -0.139. The first-order valence-corrected chi connectivity index (χ1v) is 14.3. The average Bonchev–Trinajstić information content (AvgIpc) is 3.38. The van der Waals surface area contributed by atoms with E-state index in [0.717, 1.165) is 25.7 Å². The molecule has 6 rings (SSSR count). The number of piperidine rings is 1. The zero-order valence-electron chi connectivity index (χ0n) is 22.9. The number of ether oxygens (including phenoxy) is 3. The lowest BCUT2D eigenvalue weighted by Crippen LogP contribution is -2.52. The highest BCUT2D eigenvalue weighted by molar-refractivity contribution is 5.92. The van der Waals surface area contributed by atoms with Crippen LogP contribution in [0.15, 0.2) is 18.2 Å². The number of aromatic nitrogens is 1. The lowest BCUT2D eigenvalue weighted by atomic mass is 9.95. The molecule has 5 aliphatic heterocycles. The normalized spacial score (nSPS) is 28.5. The molecule has 6 heterocycles. The van der Waals surface area contributed by atoms with Crippen LogP contribution in [0.4, 0.5) is 0 Å². The van der Waals surface area contributed by atoms with E-state index in [4.69, 9.17) is 14.2 Å². The molecule has 2 atom stereocenters. The van der Waals surface area contributed by atoms with Gasteiger partial charge in [0.05, 0.1) is 19.3 Å². The van der Waals surface area contributed by atoms with Crippen molar-refractivity contribution in [3.8, 4) is 5.88 Å². The Kier molecular flexibility index (Phi) is 9.31. The Morgan fingerprint density at radius 3 is 2.49 bits per heavy atom. The van der Waals surface area contributed by atoms with Gasteiger partial charge in [0.15, 0.2) is 0 Å². The molecule has 1 aromatic heterocycles. The van der Waals surface area contributed by atoms with E-state index in [0.29, 0.717) is 84.0 Å². The molecule has 0 radical (unpaired) electrons. The Morgan fingerprint density at radius 1 is 0.949 bits per heavy atom. The second-order valence-corrected chi connectivity index (χ2v) is 11.0. The van der Waals surface area contributed by atoms with Crippen molar-refractivity contribution in [1.29, 1.82) is 0 Å². The van der Waals surface area contributed by atoms with Crippen molar-refractivity contribution in [2.75, 3.05) is 65.8 Å². The summed E-state index contributed by atoms with van der Waals surface area (Å²) in [4.78, 5) is 49.8. The first-order valence-electron chi connectivity index (χ1n) is 14.3. The fourth-order valence-electron chi connectivity index (χ4n) is 6.23. The van der Waals surface area contributed by atoms with E-state index in [2.05, 4.69) is 15.2 Å². The Balaban J connectivity index is 1.34. The van der Waals surface area contributed by atoms with E-state index in [9.17, 15) is 14.4 Å². The van der Waals surface area contributed by atoms with Gasteiger partial charge in [-0.1, -0.05) is 6.07 Å². The molecule has 39 heavy (non-hydrogen) atoms. The predicted molar refractivity (Wildman–Crippen MR) is 142 cm³/mol. The largest absolute Gasteiger partial charge is 0.475 e. The fourth-order valence-corrected chi connectivity index (χ4v) is 6.23. The molecule has 1 aromatic rings. The summed E-state index contributed by atoms with van der Waals surface area (Å²) >= 11 is 0. The van der Waals surface area contributed by atoms with Crippen LogP contribution in [-0.2, 0) is 19.1 Å². The van der Waals surface area contributed by atoms with Crippen molar-refractivity contribution in [3.05, 3.63) is 23.9 Å². The predicted octanol–water partition coefficient (Wildman–Crippen LogP) is 0.929. The number of rotatable bonds is 1. The molecular weight excluding hydrogens is 502 g/mol. The molecule has 11 nitrogen and oxygen atoms in total. The SMILES string of the molecule is CC(=O)N1CCOCCOc2cccc(n2)C(=O)N[C@@H]2C[C@@H](C(=O)N3CCC(CC3)C1)N(C1CCOCC1)C2. The molecule has 3 fully saturated rings. The summed E-state index contributed by atoms with van der Waals surface area (Å²) in [5, 5.41) is 3.13. The second-order valence-electron chi connectivity index (χ2n) is 11.0. The van der Waals surface area contributed by atoms with Crippen LogP contribution in [0.3, 0.4) is 0 Å². The van der Waals surface area contributed by atoms with Crippen LogP contribution < -0.4 is 10.1 Å². The summed E-state index contributed by atoms with van der Waals surface area (Å²) in [7, 11) is 0. The molecule has 6 bridgehead atoms. The molecule has 1 N–H and O–H groups in total. The van der Waals surface area contributed by atoms with Gasteiger partial charge in [-0.2, -0.15) is 0 Å². The van der Waals surface area contributed by atoms with Gasteiger partial charge in [-0.25, -0.2) is 4.98 Å². The second kappa shape index (κ2) is 13.1. The molecule has 3 amide bonds. The van der Waals surface area contributed by atoms with Crippen molar-refractivity contribution in [2.45, 2.75) is 57.2 Å². The number of hydrogen-bond acceptors (Lipinski definition) is 8. The smallest absolute Gasteiger partial charge is 0.270 e. The number of hydrogen-bond donors (Lipinski definition) is 1. The molecule has 0 spiro atoms. The summed E-state index contributed by atoms with van der Waals surface area (Å²) in [5.41, 5.74) is 0.283. The summed E-state index contributed by atoms with van der Waals surface area (Å²) in [6.07, 6.45) is 4.09. The number of nitrogens with zero attached hydrogens (tertiary/aromatic N) is 4. The van der Waals surface area contributed by atoms with Crippen LogP contribution >= 0.6 is 0 Å². The number of amides is 3. The number of carbonyl (C=O) groups excluding carboxylic acids is 3. The highest BCUT2D eigenvalue weighted by atomic mass is 16.5. The molecule has 0 aromatic carbocycles. The Morgan fingerprint density at radius 2 is 1.72 bits per heavy atom. The number of carbonyl (C=O) groups is 3. The Bertz CT molecular complexity index is 1010. The van der Waals surface area contributed by atoms with E-state index in [1.54, 1.807) is 25.1 Å². The zero-order chi connectivity index (χ0) is 27.2. The Hall–Kier alpha value is -2.76. The van der Waals surface area contributed by atoms with Gasteiger partial charge in [-0.15, -0.1) is 0 Å². The maximum Gasteiger partial charge on any atom is 0.270 e. The van der Waals surface area contributed by atoms with Crippen molar-refractivity contribution in [2.24, 2.45) is 5.92 Å². The van der Waals surface area contributed by atoms with Crippen LogP contribution in [0.25, 0.3) is 0 Å². The van der Waals surface area contributed by atoms with Gasteiger partial charge in [-0.3, -0.25) is 19.3 Å². The third-order valence-corrected chi connectivity index (χ3v) is 8.41. The third kappa shape index (κ3) is 7.06. The van der Waals surface area contributed by atoms with Crippen LogP contribution in [0.2, 0.25) is 0 Å². The van der Waals surface area contributed by atoms with Gasteiger partial charge >= 0.3 is 0 Å². The van der Waals surface area contributed by atoms with Gasteiger partial charge in [0.25, 0.3) is 5.91 Å². The molecule has 0 unspecified atom stereocenters. The zero-order valence-corrected chi connectivity index (χ0v) is 22.9. The van der Waals surface area contributed by atoms with Gasteiger partial charge < -0.3 is 29.3 Å². The van der Waals surface area contributed by atoms with E-state index in [1.807, 2.05) is 9.80 Å². The van der Waals surface area contributed by atoms with Crippen molar-refractivity contribution < 1.29 is 28.6 Å². The standard InChI is InChI=1S/C28H41N5O6/c1-20(34)32-11-14-38-15-16-39-26-4-2-3-24(30-26)27(35)29-22-17-25(33(19-22)23-7-12-37-13-8-23)28(36)31-9-5-21(18-32)6-10-31/h2-4,21-23,25H,5-19H2,1H3,(H,29,35)/t22-,25+/m1/s1. The highest BCUT2D eigenvalue weighted by Gasteiger charge is 2.43. The van der Waals surface area contributed by atoms with E-state index in [-0.39, 0.29) is 41.5 Å². The van der Waals surface area contributed by atoms with Crippen molar-refractivity contribution in [1.82, 2.24) is 25.0 Å². The minimum Gasteiger partial charge on any atom is -0.475 e. The van der Waals surface area contributed by atoms with Gasteiger partial charge in [0.1, 0.15) is 12.3 Å². The van der Waals surface area contributed by atoms with Crippen molar-refractivity contribution in [3.63, 3.8) is 0 Å². The van der Waals surface area contributed by atoms with Crippen LogP contribution in [0.1, 0.15) is 49.5 Å². The third-order valence-electron chi connectivity index (χ3n) is 8.41. The van der Waals surface area contributed by atoms with E-state index >= 15 is 0 Å². The molecule has 11 heteroatoms. The molecular formula is C28H41N5O6. The average molecular weight is 544 g/mol. The fraction of sp³-hybridized carbons (Fsp3) is 0.714. The first-order chi connectivity index (χ1) is 19.0. The molecule has 0 saturated carbocycles. The molecule has 3 saturated heterocycles. The molecule has 214 valence electrons. The van der Waals surface area contributed by atoms with Crippen LogP contribution in [0.5, 0.6) is 5.88 Å². The van der Waals surface area contributed by atoms with E-state index in [1.165, 1.54) is 0 Å². The maximum absolute atomic E-state index is 13.9.